The molecular formula is C13H15FN2S. The van der Waals surface area contributed by atoms with E-state index in [0.29, 0.717) is 12.1 Å². The molecule has 0 aliphatic carbocycles. The molecule has 4 heteroatoms. The minimum Gasteiger partial charge on any atom is -0.330 e. The van der Waals surface area contributed by atoms with Gasteiger partial charge in [-0.25, -0.2) is 9.37 Å². The van der Waals surface area contributed by atoms with Crippen LogP contribution >= 0.6 is 11.3 Å². The summed E-state index contributed by atoms with van der Waals surface area (Å²) in [5.41, 5.74) is 7.17. The van der Waals surface area contributed by atoms with E-state index >= 15 is 0 Å². The number of thiazole rings is 1. The van der Waals surface area contributed by atoms with Crippen LogP contribution in [-0.2, 0) is 0 Å². The lowest BCUT2D eigenvalue weighted by Crippen LogP contribution is -2.08. The fraction of sp³-hybridized carbons (Fsp3) is 0.308. The van der Waals surface area contributed by atoms with Gasteiger partial charge in [-0.05, 0) is 25.6 Å². The van der Waals surface area contributed by atoms with Crippen molar-refractivity contribution in [2.24, 2.45) is 5.73 Å². The number of rotatable bonds is 3. The van der Waals surface area contributed by atoms with Crippen LogP contribution in [0.3, 0.4) is 0 Å². The third-order valence-corrected chi connectivity index (χ3v) is 4.16. The van der Waals surface area contributed by atoms with Crippen LogP contribution in [0.15, 0.2) is 24.3 Å². The second-order valence-corrected chi connectivity index (χ2v) is 5.12. The van der Waals surface area contributed by atoms with Crippen molar-refractivity contribution >= 4 is 11.3 Å². The Balaban J connectivity index is 2.45. The molecule has 1 unspecified atom stereocenters. The topological polar surface area (TPSA) is 38.9 Å². The molecule has 2 nitrogen and oxygen atoms in total. The van der Waals surface area contributed by atoms with Gasteiger partial charge in [0.2, 0.25) is 0 Å². The van der Waals surface area contributed by atoms with Crippen molar-refractivity contribution in [1.82, 2.24) is 4.98 Å². The third kappa shape index (κ3) is 2.37. The van der Waals surface area contributed by atoms with Crippen LogP contribution in [0, 0.1) is 12.7 Å². The Kier molecular flexibility index (Phi) is 3.54. The maximum Gasteiger partial charge on any atom is 0.133 e. The lowest BCUT2D eigenvalue weighted by atomic mass is 10.1. The van der Waals surface area contributed by atoms with Gasteiger partial charge in [0.15, 0.2) is 0 Å². The Morgan fingerprint density at radius 1 is 1.41 bits per heavy atom. The van der Waals surface area contributed by atoms with Crippen LogP contribution in [0.1, 0.15) is 23.4 Å². The van der Waals surface area contributed by atoms with Crippen molar-refractivity contribution in [2.45, 2.75) is 19.8 Å². The molecule has 0 bridgehead atoms. The first-order valence-electron chi connectivity index (χ1n) is 5.55. The molecular weight excluding hydrogens is 235 g/mol. The number of benzene rings is 1. The summed E-state index contributed by atoms with van der Waals surface area (Å²) in [7, 11) is 0. The number of halogens is 1. The molecule has 1 aromatic carbocycles. The van der Waals surface area contributed by atoms with Gasteiger partial charge in [0.1, 0.15) is 10.8 Å². The number of nitrogens with zero attached hydrogens (tertiary/aromatic N) is 1. The Morgan fingerprint density at radius 2 is 2.12 bits per heavy atom. The zero-order chi connectivity index (χ0) is 12.4. The Bertz CT molecular complexity index is 522. The molecule has 90 valence electrons. The first-order valence-corrected chi connectivity index (χ1v) is 6.37. The molecule has 0 saturated carbocycles. The zero-order valence-corrected chi connectivity index (χ0v) is 10.7. The van der Waals surface area contributed by atoms with Crippen molar-refractivity contribution in [2.75, 3.05) is 6.54 Å². The molecule has 1 atom stereocenters. The molecule has 0 amide bonds. The van der Waals surface area contributed by atoms with Gasteiger partial charge in [0.25, 0.3) is 0 Å². The first kappa shape index (κ1) is 12.2. The number of nitrogens with two attached hydrogens (primary N) is 1. The number of hydrogen-bond donors (Lipinski definition) is 1. The molecule has 2 rings (SSSR count). The normalized spacial score (nSPS) is 12.7. The standard InChI is InChI=1S/C13H15FN2S/c1-8(7-15)12-9(2)16-13(17-12)10-5-3-4-6-11(10)14/h3-6,8H,7,15H2,1-2H3. The molecule has 1 heterocycles. The van der Waals surface area contributed by atoms with E-state index in [1.54, 1.807) is 12.1 Å². The van der Waals surface area contributed by atoms with Crippen molar-refractivity contribution in [3.63, 3.8) is 0 Å². The van der Waals surface area contributed by atoms with Gasteiger partial charge in [0, 0.05) is 16.4 Å². The fourth-order valence-electron chi connectivity index (χ4n) is 1.72. The van der Waals surface area contributed by atoms with Gasteiger partial charge in [-0.3, -0.25) is 0 Å². The molecule has 0 fully saturated rings. The van der Waals surface area contributed by atoms with Crippen LogP contribution in [0.4, 0.5) is 4.39 Å². The van der Waals surface area contributed by atoms with E-state index in [-0.39, 0.29) is 11.7 Å². The van der Waals surface area contributed by atoms with Crippen LogP contribution in [-0.4, -0.2) is 11.5 Å². The molecule has 0 aliphatic heterocycles. The van der Waals surface area contributed by atoms with E-state index in [4.69, 9.17) is 5.73 Å². The molecule has 0 aliphatic rings. The molecule has 17 heavy (non-hydrogen) atoms. The van der Waals surface area contributed by atoms with Crippen molar-refractivity contribution in [3.8, 4) is 10.6 Å². The Morgan fingerprint density at radius 3 is 2.76 bits per heavy atom. The predicted octanol–water partition coefficient (Wildman–Crippen LogP) is 3.32. The smallest absolute Gasteiger partial charge is 0.133 e. The number of aryl methyl sites for hydroxylation is 1. The minimum atomic E-state index is -0.229. The van der Waals surface area contributed by atoms with Crippen LogP contribution in [0.5, 0.6) is 0 Å². The van der Waals surface area contributed by atoms with E-state index in [1.807, 2.05) is 13.0 Å². The maximum absolute atomic E-state index is 13.6. The molecule has 1 aromatic heterocycles. The highest BCUT2D eigenvalue weighted by Crippen LogP contribution is 2.33. The second kappa shape index (κ2) is 4.94. The summed E-state index contributed by atoms with van der Waals surface area (Å²) in [4.78, 5) is 5.58. The Labute approximate surface area is 104 Å². The van der Waals surface area contributed by atoms with Crippen LogP contribution in [0.25, 0.3) is 10.6 Å². The number of aromatic nitrogens is 1. The second-order valence-electron chi connectivity index (χ2n) is 4.09. The zero-order valence-electron chi connectivity index (χ0n) is 9.90. The quantitative estimate of drug-likeness (QED) is 0.907. The summed E-state index contributed by atoms with van der Waals surface area (Å²) < 4.78 is 13.6. The SMILES string of the molecule is Cc1nc(-c2ccccc2F)sc1C(C)CN. The summed E-state index contributed by atoms with van der Waals surface area (Å²) in [6.07, 6.45) is 0. The Hall–Kier alpha value is -1.26. The molecule has 2 aromatic rings. The highest BCUT2D eigenvalue weighted by atomic mass is 32.1. The average molecular weight is 250 g/mol. The molecule has 0 spiro atoms. The summed E-state index contributed by atoms with van der Waals surface area (Å²) >= 11 is 1.53. The van der Waals surface area contributed by atoms with Gasteiger partial charge in [-0.2, -0.15) is 0 Å². The number of hydrogen-bond acceptors (Lipinski definition) is 3. The fourth-order valence-corrected chi connectivity index (χ4v) is 2.88. The predicted molar refractivity (Wildman–Crippen MR) is 69.7 cm³/mol. The lowest BCUT2D eigenvalue weighted by Gasteiger charge is -2.04. The minimum absolute atomic E-state index is 0.229. The largest absolute Gasteiger partial charge is 0.330 e. The first-order chi connectivity index (χ1) is 8.13. The van der Waals surface area contributed by atoms with Crippen LogP contribution in [0.2, 0.25) is 0 Å². The lowest BCUT2D eigenvalue weighted by molar-refractivity contribution is 0.631. The summed E-state index contributed by atoms with van der Waals surface area (Å²) in [6.45, 7) is 4.59. The molecule has 2 N–H and O–H groups in total. The average Bonchev–Trinajstić information content (AvgIpc) is 2.71. The summed E-state index contributed by atoms with van der Waals surface area (Å²) in [5.74, 6) is 0.0428. The van der Waals surface area contributed by atoms with E-state index in [2.05, 4.69) is 11.9 Å². The van der Waals surface area contributed by atoms with Gasteiger partial charge in [-0.15, -0.1) is 11.3 Å². The summed E-state index contributed by atoms with van der Waals surface area (Å²) in [6, 6.07) is 6.71. The van der Waals surface area contributed by atoms with E-state index in [0.717, 1.165) is 15.6 Å². The van der Waals surface area contributed by atoms with Gasteiger partial charge >= 0.3 is 0 Å². The maximum atomic E-state index is 13.6. The van der Waals surface area contributed by atoms with Crippen molar-refractivity contribution in [1.29, 1.82) is 0 Å². The monoisotopic (exact) mass is 250 g/mol. The van der Waals surface area contributed by atoms with E-state index in [1.165, 1.54) is 17.4 Å². The summed E-state index contributed by atoms with van der Waals surface area (Å²) in [5, 5.41) is 0.732. The van der Waals surface area contributed by atoms with Crippen molar-refractivity contribution < 1.29 is 4.39 Å². The third-order valence-electron chi connectivity index (χ3n) is 2.74. The highest BCUT2D eigenvalue weighted by Gasteiger charge is 2.15. The van der Waals surface area contributed by atoms with E-state index in [9.17, 15) is 4.39 Å². The van der Waals surface area contributed by atoms with Gasteiger partial charge < -0.3 is 5.73 Å². The van der Waals surface area contributed by atoms with E-state index < -0.39 is 0 Å². The van der Waals surface area contributed by atoms with Crippen molar-refractivity contribution in [3.05, 3.63) is 40.7 Å². The highest BCUT2D eigenvalue weighted by molar-refractivity contribution is 7.15. The van der Waals surface area contributed by atoms with Crippen LogP contribution < -0.4 is 5.73 Å². The molecule has 0 radical (unpaired) electrons. The van der Waals surface area contributed by atoms with Gasteiger partial charge in [0.05, 0.1) is 5.69 Å². The molecule has 0 saturated heterocycles. The van der Waals surface area contributed by atoms with Gasteiger partial charge in [-0.1, -0.05) is 19.1 Å².